The number of carbonyl (C=O) groups is 7. The molecule has 0 spiro atoms. The third kappa shape index (κ3) is 11.3. The van der Waals surface area contributed by atoms with Gasteiger partial charge in [0, 0.05) is 48.5 Å². The van der Waals surface area contributed by atoms with Crippen LogP contribution in [0.3, 0.4) is 0 Å². The summed E-state index contributed by atoms with van der Waals surface area (Å²) in [6.07, 6.45) is -8.83. The van der Waals surface area contributed by atoms with E-state index in [0.717, 1.165) is 53.3 Å². The van der Waals surface area contributed by atoms with E-state index >= 15 is 0 Å². The first-order chi connectivity index (χ1) is 20.1. The van der Waals surface area contributed by atoms with E-state index in [2.05, 4.69) is 0 Å². The molecule has 2 fully saturated rings. The number of esters is 7. The summed E-state index contributed by atoms with van der Waals surface area (Å²) in [5.74, 6) is -5.17. The molecule has 0 amide bonds. The van der Waals surface area contributed by atoms with Crippen molar-refractivity contribution in [2.24, 2.45) is 0 Å². The minimum atomic E-state index is -1.42. The van der Waals surface area contributed by atoms with Crippen LogP contribution < -0.4 is 0 Å². The van der Waals surface area contributed by atoms with Crippen LogP contribution in [0.25, 0.3) is 0 Å². The Hall–Kier alpha value is -3.44. The fourth-order valence-electron chi connectivity index (χ4n) is 4.43. The van der Waals surface area contributed by atoms with Crippen LogP contribution in [0.1, 0.15) is 48.5 Å². The molecule has 0 unspecified atom stereocenters. The van der Waals surface area contributed by atoms with Gasteiger partial charge in [-0.3, -0.25) is 33.6 Å². The smallest absolute Gasteiger partial charge is 0.303 e. The Kier molecular flexibility index (Phi) is 13.7. The summed E-state index contributed by atoms with van der Waals surface area (Å²) in [5.41, 5.74) is -1.23. The predicted molar refractivity (Wildman–Crippen MR) is 141 cm³/mol. The lowest BCUT2D eigenvalue weighted by Crippen LogP contribution is -2.63. The van der Waals surface area contributed by atoms with E-state index in [1.54, 1.807) is 0 Å². The molecule has 0 aromatic rings. The van der Waals surface area contributed by atoms with E-state index in [1.165, 1.54) is 6.92 Å². The lowest BCUT2D eigenvalue weighted by Gasteiger charge is -2.46. The quantitative estimate of drug-likeness (QED) is 0.216. The Balaban J connectivity index is 2.53. The molecule has 0 aromatic heterocycles. The van der Waals surface area contributed by atoms with Crippen LogP contribution in [0.2, 0.25) is 0 Å². The Labute approximate surface area is 251 Å². The topological polar surface area (TPSA) is 203 Å². The highest BCUT2D eigenvalue weighted by Crippen LogP contribution is 2.40. The molecule has 2 heterocycles. The molecule has 0 aliphatic carbocycles. The minimum absolute atomic E-state index is 0.167. The Morgan fingerprint density at radius 1 is 0.535 bits per heavy atom. The van der Waals surface area contributed by atoms with Crippen molar-refractivity contribution in [1.82, 2.24) is 0 Å². The zero-order valence-electron chi connectivity index (χ0n) is 24.8. The van der Waals surface area contributed by atoms with Gasteiger partial charge in [-0.05, 0) is 0 Å². The van der Waals surface area contributed by atoms with Crippen LogP contribution in [0.5, 0.6) is 0 Å². The van der Waals surface area contributed by atoms with E-state index in [1.807, 2.05) is 0 Å². The molecule has 16 nitrogen and oxygen atoms in total. The zero-order valence-corrected chi connectivity index (χ0v) is 25.6. The Bertz CT molecular complexity index is 1060. The summed E-state index contributed by atoms with van der Waals surface area (Å²) in [7, 11) is 0. The van der Waals surface area contributed by atoms with Crippen molar-refractivity contribution in [3.05, 3.63) is 0 Å². The van der Waals surface area contributed by atoms with Crippen LogP contribution in [-0.4, -0.2) is 115 Å². The Morgan fingerprint density at radius 2 is 0.930 bits per heavy atom. The zero-order chi connectivity index (χ0) is 32.4. The second kappa shape index (κ2) is 16.4. The highest BCUT2D eigenvalue weighted by atomic mass is 32.2. The third-order valence-electron chi connectivity index (χ3n) is 5.84. The second-order valence-electron chi connectivity index (χ2n) is 9.56. The van der Waals surface area contributed by atoms with Crippen molar-refractivity contribution < 1.29 is 76.2 Å². The third-order valence-corrected chi connectivity index (χ3v) is 7.24. The summed E-state index contributed by atoms with van der Waals surface area (Å²) >= 11 is 0.916. The molecule has 0 radical (unpaired) electrons. The minimum Gasteiger partial charge on any atom is -0.463 e. The average Bonchev–Trinajstić information content (AvgIpc) is 2.86. The summed E-state index contributed by atoms with van der Waals surface area (Å²) in [5, 5.41) is -0.873. The summed E-state index contributed by atoms with van der Waals surface area (Å²) in [6, 6.07) is 0. The van der Waals surface area contributed by atoms with Gasteiger partial charge in [0.2, 0.25) is 0 Å². The van der Waals surface area contributed by atoms with Crippen LogP contribution in [0, 0.1) is 0 Å². The summed E-state index contributed by atoms with van der Waals surface area (Å²) in [4.78, 5) is 83.4. The van der Waals surface area contributed by atoms with Gasteiger partial charge in [-0.2, -0.15) is 0 Å². The second-order valence-corrected chi connectivity index (χ2v) is 10.9. The van der Waals surface area contributed by atoms with Gasteiger partial charge in [-0.15, -0.1) is 11.8 Å². The first-order valence-corrected chi connectivity index (χ1v) is 14.1. The molecule has 17 heteroatoms. The highest BCUT2D eigenvalue weighted by molar-refractivity contribution is 8.00. The molecule has 0 bridgehead atoms. The monoisotopic (exact) mass is 636 g/mol. The largest absolute Gasteiger partial charge is 0.463 e. The van der Waals surface area contributed by atoms with Crippen molar-refractivity contribution in [3.63, 3.8) is 0 Å². The van der Waals surface area contributed by atoms with Gasteiger partial charge in [0.15, 0.2) is 30.5 Å². The molecular formula is C26H36O16S. The van der Waals surface area contributed by atoms with Gasteiger partial charge in [0.1, 0.15) is 30.9 Å². The first-order valence-electron chi connectivity index (χ1n) is 13.1. The molecule has 9 atom stereocenters. The van der Waals surface area contributed by atoms with Crippen LogP contribution in [-0.2, 0) is 76.2 Å². The predicted octanol–water partition coefficient (Wildman–Crippen LogP) is -0.00340. The van der Waals surface area contributed by atoms with E-state index in [0.29, 0.717) is 0 Å². The maximum atomic E-state index is 12.2. The number of hydrogen-bond acceptors (Lipinski definition) is 17. The van der Waals surface area contributed by atoms with Crippen LogP contribution >= 0.6 is 11.8 Å². The summed E-state index contributed by atoms with van der Waals surface area (Å²) in [6.45, 7) is 6.95. The van der Waals surface area contributed by atoms with Crippen molar-refractivity contribution in [2.75, 3.05) is 19.8 Å². The van der Waals surface area contributed by atoms with Crippen molar-refractivity contribution >= 4 is 53.5 Å². The van der Waals surface area contributed by atoms with Gasteiger partial charge >= 0.3 is 41.8 Å². The van der Waals surface area contributed by atoms with Gasteiger partial charge in [-0.1, -0.05) is 0 Å². The SMILES string of the molecule is CC(=O)OC[C@H]1O[C@@H](S[C@@H]2CO[C@H](COC(C)=O)[C@@H](OC(C)=O)[C@@H]2OC(C)=O)[C@H](OC(C)=O)[C@@H](OC(C)=O)[C@@H]1OC(C)=O. The molecule has 242 valence electrons. The number of rotatable bonds is 11. The van der Waals surface area contributed by atoms with Gasteiger partial charge in [0.05, 0.1) is 11.9 Å². The van der Waals surface area contributed by atoms with E-state index < -0.39 is 102 Å². The van der Waals surface area contributed by atoms with Crippen LogP contribution in [0.15, 0.2) is 0 Å². The average molecular weight is 637 g/mol. The highest BCUT2D eigenvalue weighted by Gasteiger charge is 2.55. The van der Waals surface area contributed by atoms with Crippen molar-refractivity contribution in [3.8, 4) is 0 Å². The van der Waals surface area contributed by atoms with Crippen molar-refractivity contribution in [1.29, 1.82) is 0 Å². The number of carbonyl (C=O) groups excluding carboxylic acids is 7. The van der Waals surface area contributed by atoms with E-state index in [9.17, 15) is 33.6 Å². The van der Waals surface area contributed by atoms with Gasteiger partial charge in [0.25, 0.3) is 0 Å². The normalized spacial score (nSPS) is 30.2. The Morgan fingerprint density at radius 3 is 1.40 bits per heavy atom. The molecule has 2 saturated heterocycles. The fourth-order valence-corrected chi connectivity index (χ4v) is 5.87. The molecular weight excluding hydrogens is 600 g/mol. The molecule has 2 aliphatic heterocycles. The molecule has 0 aromatic carbocycles. The maximum absolute atomic E-state index is 12.2. The number of hydrogen-bond donors (Lipinski definition) is 0. The molecule has 2 aliphatic rings. The van der Waals surface area contributed by atoms with E-state index in [-0.39, 0.29) is 13.2 Å². The van der Waals surface area contributed by atoms with Gasteiger partial charge in [-0.25, -0.2) is 0 Å². The lowest BCUT2D eigenvalue weighted by molar-refractivity contribution is -0.237. The summed E-state index contributed by atoms with van der Waals surface area (Å²) < 4.78 is 49.4. The molecule has 43 heavy (non-hydrogen) atoms. The van der Waals surface area contributed by atoms with Crippen LogP contribution in [0.4, 0.5) is 0 Å². The number of ether oxygens (including phenoxy) is 9. The maximum Gasteiger partial charge on any atom is 0.303 e. The lowest BCUT2D eigenvalue weighted by atomic mass is 9.99. The number of thioether (sulfide) groups is 1. The van der Waals surface area contributed by atoms with Gasteiger partial charge < -0.3 is 42.6 Å². The molecule has 0 N–H and O–H groups in total. The molecule has 2 rings (SSSR count). The van der Waals surface area contributed by atoms with E-state index in [4.69, 9.17) is 42.6 Å². The molecule has 0 saturated carbocycles. The fraction of sp³-hybridized carbons (Fsp3) is 0.731. The first kappa shape index (κ1) is 35.8. The standard InChI is InChI=1S/C26H36O16S/c1-11(27)34-8-18-21(37-13(3)29)23(39-15(5)31)20(10-36-18)43-26-25(41-17(7)33)24(40-16(6)32)22(38-14(4)30)19(42-26)9-35-12(2)28/h18-26H,8-10H2,1-7H3/t18-,19-,20-,21-,22-,23-,24+,25-,26+/m1/s1. The van der Waals surface area contributed by atoms with Crippen molar-refractivity contribution in [2.45, 2.75) is 102 Å².